The van der Waals surface area contributed by atoms with Gasteiger partial charge in [0.25, 0.3) is 11.8 Å². The van der Waals surface area contributed by atoms with Crippen LogP contribution in [0.2, 0.25) is 18.1 Å². The van der Waals surface area contributed by atoms with E-state index in [4.69, 9.17) is 4.43 Å². The summed E-state index contributed by atoms with van der Waals surface area (Å²) in [5, 5.41) is 0.120. The molecule has 1 unspecified atom stereocenters. The number of carbonyl (C=O) groups is 3. The van der Waals surface area contributed by atoms with Crippen molar-refractivity contribution < 1.29 is 18.8 Å². The van der Waals surface area contributed by atoms with E-state index in [-0.39, 0.29) is 46.9 Å². The first-order valence-corrected chi connectivity index (χ1v) is 13.9. The van der Waals surface area contributed by atoms with E-state index in [2.05, 4.69) is 44.7 Å². The van der Waals surface area contributed by atoms with E-state index in [1.54, 1.807) is 24.3 Å². The van der Waals surface area contributed by atoms with Gasteiger partial charge in [-0.05, 0) is 57.0 Å². The molecule has 1 aliphatic carbocycles. The zero-order valence-corrected chi connectivity index (χ0v) is 20.6. The van der Waals surface area contributed by atoms with Crippen LogP contribution in [-0.2, 0) is 9.22 Å². The molecule has 7 nitrogen and oxygen atoms in total. The van der Waals surface area contributed by atoms with Gasteiger partial charge in [0.15, 0.2) is 8.32 Å². The Morgan fingerprint density at radius 1 is 1.10 bits per heavy atom. The zero-order chi connectivity index (χ0) is 23.1. The van der Waals surface area contributed by atoms with Gasteiger partial charge in [0, 0.05) is 18.0 Å². The van der Waals surface area contributed by atoms with Gasteiger partial charge in [-0.25, -0.2) is 5.43 Å². The normalized spacial score (nSPS) is 23.3. The largest absolute Gasteiger partial charge is 0.413 e. The molecule has 1 aromatic rings. The molecule has 1 fully saturated rings. The van der Waals surface area contributed by atoms with Crippen LogP contribution in [0.1, 0.15) is 68.2 Å². The second kappa shape index (κ2) is 8.48. The Bertz CT molecular complexity index is 839. The van der Waals surface area contributed by atoms with E-state index in [0.29, 0.717) is 24.0 Å². The first-order chi connectivity index (χ1) is 14.3. The molecule has 170 valence electrons. The molecule has 31 heavy (non-hydrogen) atoms. The van der Waals surface area contributed by atoms with E-state index in [1.807, 2.05) is 13.8 Å². The quantitative estimate of drug-likeness (QED) is 0.381. The molecule has 3 amide bonds. The number of hydrogen-bond acceptors (Lipinski definition) is 5. The van der Waals surface area contributed by atoms with Crippen LogP contribution in [-0.4, -0.2) is 49.1 Å². The predicted octanol–water partition coefficient (Wildman–Crippen LogP) is 3.48. The lowest BCUT2D eigenvalue weighted by Crippen LogP contribution is -2.56. The summed E-state index contributed by atoms with van der Waals surface area (Å²) in [7, 11) is -1.89. The molecule has 1 heterocycles. The number of rotatable bonds is 7. The Morgan fingerprint density at radius 3 is 2.10 bits per heavy atom. The lowest BCUT2D eigenvalue weighted by atomic mass is 9.78. The summed E-state index contributed by atoms with van der Waals surface area (Å²) in [6.07, 6.45) is 0.931. The lowest BCUT2D eigenvalue weighted by molar-refractivity contribution is -0.130. The summed E-state index contributed by atoms with van der Waals surface area (Å²) >= 11 is 0. The Hall–Kier alpha value is -2.03. The Morgan fingerprint density at radius 2 is 1.61 bits per heavy atom. The van der Waals surface area contributed by atoms with Crippen LogP contribution in [0.5, 0.6) is 0 Å². The van der Waals surface area contributed by atoms with Gasteiger partial charge in [0.1, 0.15) is 0 Å². The summed E-state index contributed by atoms with van der Waals surface area (Å²) in [5.41, 5.74) is 6.77. The molecule has 0 radical (unpaired) electrons. The standard InChI is InChI=1S/C23H35N3O4Si/c1-14(15(2)30-31(6,7)23(3,4)5)24-25-20(27)16-12-17(13-16)26-21(28)18-10-8-9-11-19(18)22(26)29/h8-11,14-17,24H,12-13H2,1-7H3,(H,25,27)/t14?,15-,16?,17?/m1/s1. The maximum atomic E-state index is 12.6. The van der Waals surface area contributed by atoms with E-state index in [0.717, 1.165) is 0 Å². The number of benzene rings is 1. The van der Waals surface area contributed by atoms with Crippen LogP contribution < -0.4 is 10.9 Å². The molecular weight excluding hydrogens is 410 g/mol. The van der Waals surface area contributed by atoms with E-state index in [1.165, 1.54) is 4.90 Å². The van der Waals surface area contributed by atoms with Crippen molar-refractivity contribution >= 4 is 26.0 Å². The lowest BCUT2D eigenvalue weighted by Gasteiger charge is -2.40. The van der Waals surface area contributed by atoms with Crippen LogP contribution in [0.25, 0.3) is 0 Å². The van der Waals surface area contributed by atoms with Gasteiger partial charge in [0.2, 0.25) is 5.91 Å². The Balaban J connectivity index is 1.46. The minimum Gasteiger partial charge on any atom is -0.413 e. The minimum absolute atomic E-state index is 0.0475. The van der Waals surface area contributed by atoms with Crippen LogP contribution in [0.3, 0.4) is 0 Å². The number of amides is 3. The van der Waals surface area contributed by atoms with Crippen molar-refractivity contribution in [3.05, 3.63) is 35.4 Å². The third-order valence-electron chi connectivity index (χ3n) is 7.09. The monoisotopic (exact) mass is 445 g/mol. The number of fused-ring (bicyclic) bond motifs is 1. The van der Waals surface area contributed by atoms with Gasteiger partial charge in [-0.1, -0.05) is 32.9 Å². The van der Waals surface area contributed by atoms with Crippen molar-refractivity contribution in [3.8, 4) is 0 Å². The molecule has 0 bridgehead atoms. The maximum absolute atomic E-state index is 12.6. The van der Waals surface area contributed by atoms with E-state index in [9.17, 15) is 14.4 Å². The fourth-order valence-electron chi connectivity index (χ4n) is 3.70. The highest BCUT2D eigenvalue weighted by atomic mass is 28.4. The second-order valence-electron chi connectivity index (χ2n) is 10.4. The summed E-state index contributed by atoms with van der Waals surface area (Å²) in [6, 6.07) is 6.60. The van der Waals surface area contributed by atoms with Crippen LogP contribution in [0, 0.1) is 5.92 Å². The Labute approximate surface area is 186 Å². The Kier molecular flexibility index (Phi) is 6.46. The fourth-order valence-corrected chi connectivity index (χ4v) is 5.19. The topological polar surface area (TPSA) is 87.7 Å². The summed E-state index contributed by atoms with van der Waals surface area (Å²) < 4.78 is 6.38. The molecule has 2 atom stereocenters. The van der Waals surface area contributed by atoms with Gasteiger partial charge in [-0.3, -0.25) is 24.7 Å². The first kappa shape index (κ1) is 23.6. The van der Waals surface area contributed by atoms with Gasteiger partial charge in [-0.2, -0.15) is 0 Å². The third kappa shape index (κ3) is 4.61. The molecule has 1 saturated carbocycles. The highest BCUT2D eigenvalue weighted by molar-refractivity contribution is 6.74. The fraction of sp³-hybridized carbons (Fsp3) is 0.609. The van der Waals surface area contributed by atoms with Crippen LogP contribution in [0.15, 0.2) is 24.3 Å². The summed E-state index contributed by atoms with van der Waals surface area (Å²) in [6.45, 7) is 15.0. The van der Waals surface area contributed by atoms with Gasteiger partial charge in [-0.15, -0.1) is 0 Å². The number of nitrogens with zero attached hydrogens (tertiary/aromatic N) is 1. The van der Waals surface area contributed by atoms with E-state index < -0.39 is 8.32 Å². The molecule has 0 aromatic heterocycles. The van der Waals surface area contributed by atoms with Crippen molar-refractivity contribution in [2.75, 3.05) is 0 Å². The SMILES string of the molecule is CC(NNC(=O)C1CC(N2C(=O)c3ccccc3C2=O)C1)[C@@H](C)O[Si](C)(C)C(C)(C)C. The van der Waals surface area contributed by atoms with Crippen molar-refractivity contribution in [3.63, 3.8) is 0 Å². The number of nitrogens with one attached hydrogen (secondary N) is 2. The summed E-state index contributed by atoms with van der Waals surface area (Å²) in [4.78, 5) is 39.0. The molecule has 0 saturated heterocycles. The van der Waals surface area contributed by atoms with Crippen LogP contribution >= 0.6 is 0 Å². The predicted molar refractivity (Wildman–Crippen MR) is 122 cm³/mol. The van der Waals surface area contributed by atoms with Gasteiger partial charge in [0.05, 0.1) is 17.2 Å². The zero-order valence-electron chi connectivity index (χ0n) is 19.6. The molecule has 0 spiro atoms. The van der Waals surface area contributed by atoms with Crippen molar-refractivity contribution in [2.24, 2.45) is 5.92 Å². The second-order valence-corrected chi connectivity index (χ2v) is 15.1. The van der Waals surface area contributed by atoms with Crippen LogP contribution in [0.4, 0.5) is 0 Å². The highest BCUT2D eigenvalue weighted by Gasteiger charge is 2.47. The first-order valence-electron chi connectivity index (χ1n) is 11.0. The van der Waals surface area contributed by atoms with Gasteiger partial charge < -0.3 is 4.43 Å². The molecule has 2 N–H and O–H groups in total. The highest BCUT2D eigenvalue weighted by Crippen LogP contribution is 2.38. The molecular formula is C23H35N3O4Si. The average Bonchev–Trinajstić information content (AvgIpc) is 2.89. The van der Waals surface area contributed by atoms with Gasteiger partial charge >= 0.3 is 0 Å². The summed E-state index contributed by atoms with van der Waals surface area (Å²) in [5.74, 6) is -0.842. The maximum Gasteiger partial charge on any atom is 0.261 e. The molecule has 8 heteroatoms. The number of carbonyl (C=O) groups excluding carboxylic acids is 3. The van der Waals surface area contributed by atoms with E-state index >= 15 is 0 Å². The van der Waals surface area contributed by atoms with Crippen molar-refractivity contribution in [1.82, 2.24) is 15.8 Å². The minimum atomic E-state index is -1.89. The molecule has 1 aromatic carbocycles. The smallest absolute Gasteiger partial charge is 0.261 e. The average molecular weight is 446 g/mol. The number of imide groups is 1. The number of hydrazine groups is 1. The molecule has 2 aliphatic rings. The number of hydrogen-bond donors (Lipinski definition) is 2. The molecule has 3 rings (SSSR count). The van der Waals surface area contributed by atoms with Crippen molar-refractivity contribution in [1.29, 1.82) is 0 Å². The third-order valence-corrected chi connectivity index (χ3v) is 11.7. The molecule has 1 aliphatic heterocycles. The van der Waals surface area contributed by atoms with Crippen molar-refractivity contribution in [2.45, 2.75) is 83.8 Å².